The number of benzene rings is 4. The highest BCUT2D eigenvalue weighted by atomic mass is 19.3. The van der Waals surface area contributed by atoms with Gasteiger partial charge in [-0.15, -0.1) is 0 Å². The smallest absolute Gasteiger partial charge is 0.426 e. The fourth-order valence-corrected chi connectivity index (χ4v) is 3.49. The summed E-state index contributed by atoms with van der Waals surface area (Å²) in [5.41, 5.74) is -0.965. The van der Waals surface area contributed by atoms with Crippen molar-refractivity contribution in [2.45, 2.75) is 12.2 Å². The number of rotatable bonds is 10. The minimum atomic E-state index is -3.72. The normalized spacial score (nSPS) is 11.4. The lowest BCUT2D eigenvalue weighted by atomic mass is 10.1. The van der Waals surface area contributed by atoms with Gasteiger partial charge >= 0.3 is 24.2 Å². The summed E-state index contributed by atoms with van der Waals surface area (Å²) in [5.74, 6) is -1.68. The minimum absolute atomic E-state index is 0.0600. The van der Waals surface area contributed by atoms with E-state index in [2.05, 4.69) is 13.2 Å². The van der Waals surface area contributed by atoms with Crippen LogP contribution in [0.15, 0.2) is 110 Å². The van der Waals surface area contributed by atoms with Gasteiger partial charge in [-0.25, -0.2) is 9.59 Å². The van der Waals surface area contributed by atoms with Crippen molar-refractivity contribution < 1.29 is 46.1 Å². The Kier molecular flexibility index (Phi) is 7.90. The second kappa shape index (κ2) is 11.3. The summed E-state index contributed by atoms with van der Waals surface area (Å²) in [5, 5.41) is 0.869. The lowest BCUT2D eigenvalue weighted by molar-refractivity contribution is -0.186. The second-order valence-electron chi connectivity index (χ2n) is 8.21. The van der Waals surface area contributed by atoms with Gasteiger partial charge in [-0.2, -0.15) is 17.6 Å². The fourth-order valence-electron chi connectivity index (χ4n) is 3.49. The third-order valence-corrected chi connectivity index (χ3v) is 5.43. The quantitative estimate of drug-likeness (QED) is 0.0892. The second-order valence-corrected chi connectivity index (χ2v) is 8.21. The molecule has 0 fully saturated rings. The number of carbonyl (C=O) groups excluding carboxylic acids is 2. The summed E-state index contributed by atoms with van der Waals surface area (Å²) in [6, 6.07) is 17.0. The molecule has 0 radical (unpaired) electrons. The van der Waals surface area contributed by atoms with E-state index in [1.807, 2.05) is 0 Å². The van der Waals surface area contributed by atoms with Crippen LogP contribution in [0.2, 0.25) is 0 Å². The average Bonchev–Trinajstić information content (AvgIpc) is 2.93. The van der Waals surface area contributed by atoms with Gasteiger partial charge in [-0.3, -0.25) is 0 Å². The molecule has 0 N–H and O–H groups in total. The molecule has 0 bridgehead atoms. The van der Waals surface area contributed by atoms with Crippen molar-refractivity contribution in [3.8, 4) is 23.0 Å². The zero-order chi connectivity index (χ0) is 28.9. The Morgan fingerprint density at radius 3 is 1.20 bits per heavy atom. The molecule has 4 aromatic carbocycles. The van der Waals surface area contributed by atoms with Crippen molar-refractivity contribution in [2.75, 3.05) is 0 Å². The van der Waals surface area contributed by atoms with Crippen molar-refractivity contribution >= 4 is 22.7 Å². The largest absolute Gasteiger partial charge is 0.429 e. The first-order chi connectivity index (χ1) is 19.0. The van der Waals surface area contributed by atoms with Gasteiger partial charge in [0, 0.05) is 12.2 Å². The zero-order valence-corrected chi connectivity index (χ0v) is 20.6. The summed E-state index contributed by atoms with van der Waals surface area (Å²) in [6.07, 6.45) is -5.56. The van der Waals surface area contributed by atoms with E-state index < -0.39 is 35.3 Å². The van der Waals surface area contributed by atoms with Gasteiger partial charge in [0.1, 0.15) is 23.0 Å². The molecule has 0 aliphatic carbocycles. The Bertz CT molecular complexity index is 1450. The molecule has 6 nitrogen and oxygen atoms in total. The van der Waals surface area contributed by atoms with Gasteiger partial charge in [0.05, 0.1) is 11.1 Å². The molecule has 0 amide bonds. The number of hydrogen-bond acceptors (Lipinski definition) is 6. The lowest BCUT2D eigenvalue weighted by Crippen LogP contribution is -2.22. The first kappa shape index (κ1) is 27.9. The average molecular weight is 552 g/mol. The van der Waals surface area contributed by atoms with Crippen LogP contribution in [-0.2, 0) is 21.8 Å². The van der Waals surface area contributed by atoms with Crippen LogP contribution in [0.3, 0.4) is 0 Å². The Hall–Kier alpha value is -5.12. The van der Waals surface area contributed by atoms with Crippen LogP contribution in [0, 0.1) is 0 Å². The van der Waals surface area contributed by atoms with Gasteiger partial charge < -0.3 is 18.9 Å². The van der Waals surface area contributed by atoms with Crippen molar-refractivity contribution in [1.82, 2.24) is 0 Å². The van der Waals surface area contributed by atoms with Crippen LogP contribution in [0.5, 0.6) is 23.0 Å². The Labute approximate surface area is 225 Å². The van der Waals surface area contributed by atoms with E-state index in [4.69, 9.17) is 18.9 Å². The molecule has 0 aliphatic heterocycles. The maximum Gasteiger partial charge on any atom is 0.426 e. The van der Waals surface area contributed by atoms with Crippen molar-refractivity contribution in [1.29, 1.82) is 0 Å². The number of halogens is 4. The van der Waals surface area contributed by atoms with Gasteiger partial charge in [0.2, 0.25) is 0 Å². The predicted octanol–water partition coefficient (Wildman–Crippen LogP) is 7.28. The molecule has 0 saturated carbocycles. The third kappa shape index (κ3) is 6.65. The molecular weight excluding hydrogens is 532 g/mol. The summed E-state index contributed by atoms with van der Waals surface area (Å²) < 4.78 is 78.5. The third-order valence-electron chi connectivity index (χ3n) is 5.43. The maximum atomic E-state index is 14.7. The molecule has 10 heteroatoms. The number of carbonyl (C=O) groups is 2. The van der Waals surface area contributed by atoms with E-state index in [0.717, 1.165) is 36.4 Å². The molecule has 0 aliphatic rings. The van der Waals surface area contributed by atoms with Gasteiger partial charge in [0.25, 0.3) is 0 Å². The fraction of sp³-hybridized carbons (Fsp3) is 0.0667. The van der Waals surface area contributed by atoms with Crippen molar-refractivity contribution in [3.63, 3.8) is 0 Å². The maximum absolute atomic E-state index is 14.7. The summed E-state index contributed by atoms with van der Waals surface area (Å²) in [6.45, 7) is 6.51. The topological polar surface area (TPSA) is 71.1 Å². The van der Waals surface area contributed by atoms with Crippen molar-refractivity contribution in [3.05, 3.63) is 121 Å². The van der Waals surface area contributed by atoms with E-state index >= 15 is 0 Å². The standard InChI is InChI=1S/C30H20F4O6/c1-3-27(35)37-23-13-7-21(8-14-23)29(31,32)39-25-11-5-20-18-26(12-6-19(20)17-25)40-30(33,34)22-9-15-24(16-10-22)38-28(36)4-2/h3-18H,1-2H2. The summed E-state index contributed by atoms with van der Waals surface area (Å²) >= 11 is 0. The van der Waals surface area contributed by atoms with Crippen LogP contribution in [0.4, 0.5) is 17.6 Å². The van der Waals surface area contributed by atoms with Crippen LogP contribution in [0.25, 0.3) is 10.8 Å². The molecule has 0 unspecified atom stereocenters. The number of fused-ring (bicyclic) bond motifs is 1. The Balaban J connectivity index is 1.46. The predicted molar refractivity (Wildman–Crippen MR) is 138 cm³/mol. The molecule has 40 heavy (non-hydrogen) atoms. The highest BCUT2D eigenvalue weighted by molar-refractivity contribution is 5.85. The van der Waals surface area contributed by atoms with E-state index in [-0.39, 0.29) is 23.0 Å². The molecule has 0 aromatic heterocycles. The number of hydrogen-bond donors (Lipinski definition) is 0. The molecule has 4 rings (SSSR count). The highest BCUT2D eigenvalue weighted by Gasteiger charge is 2.36. The van der Waals surface area contributed by atoms with Crippen LogP contribution >= 0.6 is 0 Å². The minimum Gasteiger partial charge on any atom is -0.429 e. The number of alkyl halides is 4. The van der Waals surface area contributed by atoms with Crippen molar-refractivity contribution in [2.24, 2.45) is 0 Å². The molecule has 0 heterocycles. The summed E-state index contributed by atoms with van der Waals surface area (Å²) in [4.78, 5) is 22.5. The zero-order valence-electron chi connectivity index (χ0n) is 20.6. The number of ether oxygens (including phenoxy) is 4. The Morgan fingerprint density at radius 1 is 0.550 bits per heavy atom. The lowest BCUT2D eigenvalue weighted by Gasteiger charge is -2.20. The first-order valence-electron chi connectivity index (χ1n) is 11.6. The number of esters is 2. The Morgan fingerprint density at radius 2 is 0.875 bits per heavy atom. The summed E-state index contributed by atoms with van der Waals surface area (Å²) in [7, 11) is 0. The molecule has 4 aromatic rings. The SMILES string of the molecule is C=CC(=O)Oc1ccc(C(F)(F)Oc2ccc3cc(OC(F)(F)c4ccc(OC(=O)C=C)cc4)ccc3c2)cc1. The molecule has 0 saturated heterocycles. The monoisotopic (exact) mass is 552 g/mol. The molecule has 0 atom stereocenters. The molecule has 204 valence electrons. The molecular formula is C30H20F4O6. The van der Waals surface area contributed by atoms with Gasteiger partial charge in [0.15, 0.2) is 0 Å². The van der Waals surface area contributed by atoms with Gasteiger partial charge in [-0.1, -0.05) is 25.3 Å². The van der Waals surface area contributed by atoms with E-state index in [9.17, 15) is 27.2 Å². The van der Waals surface area contributed by atoms with E-state index in [1.54, 1.807) is 0 Å². The van der Waals surface area contributed by atoms with Crippen LogP contribution < -0.4 is 18.9 Å². The highest BCUT2D eigenvalue weighted by Crippen LogP contribution is 2.36. The van der Waals surface area contributed by atoms with Crippen LogP contribution in [0.1, 0.15) is 11.1 Å². The van der Waals surface area contributed by atoms with E-state index in [0.29, 0.717) is 10.8 Å². The van der Waals surface area contributed by atoms with Crippen LogP contribution in [-0.4, -0.2) is 11.9 Å². The molecule has 0 spiro atoms. The van der Waals surface area contributed by atoms with E-state index in [1.165, 1.54) is 60.7 Å². The van der Waals surface area contributed by atoms with Gasteiger partial charge in [-0.05, 0) is 83.6 Å². The first-order valence-corrected chi connectivity index (χ1v) is 11.6.